The third kappa shape index (κ3) is 4.14. The summed E-state index contributed by atoms with van der Waals surface area (Å²) in [6.45, 7) is 1.83. The molecule has 1 aliphatic rings. The van der Waals surface area contributed by atoms with E-state index < -0.39 is 0 Å². The average molecular weight is 412 g/mol. The van der Waals surface area contributed by atoms with Gasteiger partial charge in [0.05, 0.1) is 6.20 Å². The van der Waals surface area contributed by atoms with Crippen molar-refractivity contribution in [2.45, 2.75) is 25.5 Å². The van der Waals surface area contributed by atoms with Gasteiger partial charge in [0.2, 0.25) is 5.88 Å². The first-order valence-electron chi connectivity index (χ1n) is 10.6. The number of benzene rings is 3. The third-order valence-electron chi connectivity index (χ3n) is 5.85. The summed E-state index contributed by atoms with van der Waals surface area (Å²) >= 11 is 0. The van der Waals surface area contributed by atoms with E-state index >= 15 is 0 Å². The lowest BCUT2D eigenvalue weighted by Crippen LogP contribution is -2.46. The van der Waals surface area contributed by atoms with Gasteiger partial charge in [-0.15, -0.1) is 5.10 Å². The van der Waals surface area contributed by atoms with Gasteiger partial charge < -0.3 is 15.0 Å². The lowest BCUT2D eigenvalue weighted by atomic mass is 10.0. The Balaban J connectivity index is 1.17. The molecular formula is C25H24N4O2. The second-order valence-corrected chi connectivity index (χ2v) is 7.84. The fourth-order valence-corrected chi connectivity index (χ4v) is 4.15. The first kappa shape index (κ1) is 19.3. The van der Waals surface area contributed by atoms with E-state index in [1.807, 2.05) is 47.4 Å². The van der Waals surface area contributed by atoms with E-state index in [9.17, 15) is 4.79 Å². The molecule has 6 heteroatoms. The van der Waals surface area contributed by atoms with Crippen molar-refractivity contribution < 1.29 is 9.53 Å². The summed E-state index contributed by atoms with van der Waals surface area (Å²) in [4.78, 5) is 14.6. The molecule has 1 fully saturated rings. The Hall–Kier alpha value is -3.67. The fourth-order valence-electron chi connectivity index (χ4n) is 4.15. The normalized spacial score (nSPS) is 14.6. The number of likely N-dealkylation sites (tertiary alicyclic amines) is 1. The summed E-state index contributed by atoms with van der Waals surface area (Å²) in [6.07, 6.45) is 3.31. The molecular weight excluding hydrogens is 388 g/mol. The number of piperidine rings is 1. The molecule has 4 aromatic rings. The van der Waals surface area contributed by atoms with Crippen molar-refractivity contribution in [2.75, 3.05) is 13.1 Å². The zero-order valence-corrected chi connectivity index (χ0v) is 17.2. The van der Waals surface area contributed by atoms with Gasteiger partial charge in [-0.3, -0.25) is 0 Å². The van der Waals surface area contributed by atoms with Gasteiger partial charge >= 0.3 is 6.03 Å². The average Bonchev–Trinajstić information content (AvgIpc) is 2.83. The highest BCUT2D eigenvalue weighted by Crippen LogP contribution is 2.25. The molecule has 3 aromatic carbocycles. The highest BCUT2D eigenvalue weighted by atomic mass is 16.5. The number of hydrogen-bond acceptors (Lipinski definition) is 4. The van der Waals surface area contributed by atoms with Crippen molar-refractivity contribution in [2.24, 2.45) is 0 Å². The minimum absolute atomic E-state index is 0.0298. The van der Waals surface area contributed by atoms with Crippen LogP contribution in [-0.2, 0) is 6.54 Å². The van der Waals surface area contributed by atoms with E-state index in [1.54, 1.807) is 6.20 Å². The van der Waals surface area contributed by atoms with E-state index in [4.69, 9.17) is 4.74 Å². The van der Waals surface area contributed by atoms with Crippen LogP contribution in [0.2, 0.25) is 0 Å². The Morgan fingerprint density at radius 2 is 1.65 bits per heavy atom. The quantitative estimate of drug-likeness (QED) is 0.535. The highest BCUT2D eigenvalue weighted by Gasteiger charge is 2.24. The standard InChI is InChI=1S/C25H24N4O2/c30-25(26-16-19-9-5-8-18-6-1-3-10-22(18)19)29-14-12-21(13-15-29)31-24-23-11-4-2-7-20(23)17-27-28-24/h1-11,17,21H,12-16H2,(H,26,30). The van der Waals surface area contributed by atoms with E-state index in [1.165, 1.54) is 10.8 Å². The fraction of sp³-hybridized carbons (Fsp3) is 0.240. The minimum Gasteiger partial charge on any atom is -0.473 e. The van der Waals surface area contributed by atoms with Gasteiger partial charge in [0.25, 0.3) is 0 Å². The van der Waals surface area contributed by atoms with Gasteiger partial charge in [-0.05, 0) is 22.4 Å². The van der Waals surface area contributed by atoms with Gasteiger partial charge in [0.15, 0.2) is 0 Å². The molecule has 0 bridgehead atoms. The number of hydrogen-bond donors (Lipinski definition) is 1. The topological polar surface area (TPSA) is 67.4 Å². The van der Waals surface area contributed by atoms with E-state index in [0.717, 1.165) is 29.2 Å². The summed E-state index contributed by atoms with van der Waals surface area (Å²) in [5, 5.41) is 15.6. The molecule has 0 radical (unpaired) electrons. The molecule has 2 amide bonds. The van der Waals surface area contributed by atoms with Crippen molar-refractivity contribution >= 4 is 27.6 Å². The number of carbonyl (C=O) groups is 1. The lowest BCUT2D eigenvalue weighted by Gasteiger charge is -2.32. The second-order valence-electron chi connectivity index (χ2n) is 7.84. The van der Waals surface area contributed by atoms with Crippen molar-refractivity contribution in [3.63, 3.8) is 0 Å². The van der Waals surface area contributed by atoms with Gasteiger partial charge in [-0.2, -0.15) is 5.10 Å². The summed E-state index contributed by atoms with van der Waals surface area (Å²) in [7, 11) is 0. The Kier molecular flexibility index (Phi) is 5.35. The van der Waals surface area contributed by atoms with Gasteiger partial charge in [0, 0.05) is 43.2 Å². The molecule has 1 saturated heterocycles. The highest BCUT2D eigenvalue weighted by molar-refractivity contribution is 5.86. The maximum Gasteiger partial charge on any atom is 0.317 e. The maximum atomic E-state index is 12.7. The van der Waals surface area contributed by atoms with Crippen LogP contribution in [0.1, 0.15) is 18.4 Å². The Morgan fingerprint density at radius 3 is 2.48 bits per heavy atom. The summed E-state index contributed by atoms with van der Waals surface area (Å²) < 4.78 is 6.14. The van der Waals surface area contributed by atoms with Crippen LogP contribution in [0.4, 0.5) is 4.79 Å². The number of carbonyl (C=O) groups excluding carboxylic acids is 1. The Bertz CT molecular complexity index is 1210. The summed E-state index contributed by atoms with van der Waals surface area (Å²) in [5.41, 5.74) is 1.12. The molecule has 0 saturated carbocycles. The Labute approximate surface area is 180 Å². The molecule has 5 rings (SSSR count). The van der Waals surface area contributed by atoms with Crippen LogP contribution in [0, 0.1) is 0 Å². The van der Waals surface area contributed by atoms with Crippen LogP contribution in [0.3, 0.4) is 0 Å². The largest absolute Gasteiger partial charge is 0.473 e. The zero-order valence-electron chi connectivity index (χ0n) is 17.2. The number of rotatable bonds is 4. The number of ether oxygens (including phenoxy) is 1. The molecule has 1 aromatic heterocycles. The summed E-state index contributed by atoms with van der Waals surface area (Å²) in [6, 6.07) is 22.3. The summed E-state index contributed by atoms with van der Waals surface area (Å²) in [5.74, 6) is 0.567. The molecule has 0 unspecified atom stereocenters. The molecule has 0 spiro atoms. The monoisotopic (exact) mass is 412 g/mol. The van der Waals surface area contributed by atoms with Crippen molar-refractivity contribution in [3.8, 4) is 5.88 Å². The van der Waals surface area contributed by atoms with E-state index in [2.05, 4.69) is 39.8 Å². The van der Waals surface area contributed by atoms with E-state index in [0.29, 0.717) is 25.5 Å². The smallest absolute Gasteiger partial charge is 0.317 e. The number of amides is 2. The van der Waals surface area contributed by atoms with Crippen molar-refractivity contribution in [1.82, 2.24) is 20.4 Å². The van der Waals surface area contributed by atoms with Crippen molar-refractivity contribution in [3.05, 3.63) is 78.5 Å². The van der Waals surface area contributed by atoms with Crippen molar-refractivity contribution in [1.29, 1.82) is 0 Å². The minimum atomic E-state index is -0.0312. The second kappa shape index (κ2) is 8.60. The SMILES string of the molecule is O=C(NCc1cccc2ccccc12)N1CCC(Oc2nncc3ccccc23)CC1. The first-order chi connectivity index (χ1) is 15.3. The number of nitrogens with one attached hydrogen (secondary N) is 1. The number of fused-ring (bicyclic) bond motifs is 2. The first-order valence-corrected chi connectivity index (χ1v) is 10.6. The molecule has 0 aliphatic carbocycles. The molecule has 156 valence electrons. The van der Waals surface area contributed by atoms with Gasteiger partial charge in [-0.1, -0.05) is 60.7 Å². The van der Waals surface area contributed by atoms with Crippen LogP contribution in [0.25, 0.3) is 21.5 Å². The molecule has 1 aliphatic heterocycles. The lowest BCUT2D eigenvalue weighted by molar-refractivity contribution is 0.108. The molecule has 6 nitrogen and oxygen atoms in total. The number of urea groups is 1. The third-order valence-corrected chi connectivity index (χ3v) is 5.85. The molecule has 31 heavy (non-hydrogen) atoms. The maximum absolute atomic E-state index is 12.7. The number of nitrogens with zero attached hydrogens (tertiary/aromatic N) is 3. The van der Waals surface area contributed by atoms with Crippen LogP contribution < -0.4 is 10.1 Å². The Morgan fingerprint density at radius 1 is 0.935 bits per heavy atom. The molecule has 1 N–H and O–H groups in total. The van der Waals surface area contributed by atoms with Crippen LogP contribution in [0.5, 0.6) is 5.88 Å². The predicted octanol–water partition coefficient (Wildman–Crippen LogP) is 4.54. The van der Waals surface area contributed by atoms with E-state index in [-0.39, 0.29) is 12.1 Å². The van der Waals surface area contributed by atoms with Crippen LogP contribution in [-0.4, -0.2) is 40.3 Å². The van der Waals surface area contributed by atoms with Gasteiger partial charge in [0.1, 0.15) is 6.10 Å². The molecule has 0 atom stereocenters. The van der Waals surface area contributed by atoms with Crippen LogP contribution in [0.15, 0.2) is 72.9 Å². The number of aromatic nitrogens is 2. The zero-order chi connectivity index (χ0) is 21.0. The molecule has 2 heterocycles. The van der Waals surface area contributed by atoms with Gasteiger partial charge in [-0.25, -0.2) is 4.79 Å². The predicted molar refractivity (Wildman–Crippen MR) is 121 cm³/mol. The van der Waals surface area contributed by atoms with Crippen LogP contribution >= 0.6 is 0 Å².